The first-order valence-electron chi connectivity index (χ1n) is 11.3. The molecule has 2 heterocycles. The molecule has 2 aliphatic heterocycles. The number of carbonyl (C=O) groups excluding carboxylic acids is 2. The van der Waals surface area contributed by atoms with E-state index in [1.807, 2.05) is 6.07 Å². The zero-order chi connectivity index (χ0) is 21.8. The van der Waals surface area contributed by atoms with Gasteiger partial charge in [-0.15, -0.1) is 0 Å². The number of nitrogens with zero attached hydrogens (tertiary/aromatic N) is 1. The van der Waals surface area contributed by atoms with Crippen molar-refractivity contribution in [3.63, 3.8) is 0 Å². The average Bonchev–Trinajstić information content (AvgIpc) is 3.47. The van der Waals surface area contributed by atoms with Crippen molar-refractivity contribution in [3.05, 3.63) is 88.0 Å². The molecule has 162 valence electrons. The Labute approximate surface area is 192 Å². The number of esters is 1. The zero-order valence-electron chi connectivity index (χ0n) is 17.7. The third-order valence-electron chi connectivity index (χ3n) is 7.47. The molecule has 4 atom stereocenters. The van der Waals surface area contributed by atoms with Gasteiger partial charge in [-0.1, -0.05) is 42.0 Å². The van der Waals surface area contributed by atoms with Crippen molar-refractivity contribution < 1.29 is 14.3 Å². The van der Waals surface area contributed by atoms with Gasteiger partial charge in [-0.25, -0.2) is 4.79 Å². The van der Waals surface area contributed by atoms with Gasteiger partial charge in [0, 0.05) is 41.2 Å². The predicted molar refractivity (Wildman–Crippen MR) is 125 cm³/mol. The smallest absolute Gasteiger partial charge is 0.338 e. The first kappa shape index (κ1) is 19.8. The summed E-state index contributed by atoms with van der Waals surface area (Å²) in [5, 5.41) is 0.565. The van der Waals surface area contributed by atoms with E-state index in [0.717, 1.165) is 31.5 Å². The van der Waals surface area contributed by atoms with Gasteiger partial charge in [0.25, 0.3) is 0 Å². The summed E-state index contributed by atoms with van der Waals surface area (Å²) in [6.45, 7) is 1.79. The number of hydrogen-bond donors (Lipinski definition) is 0. The van der Waals surface area contributed by atoms with E-state index in [-0.39, 0.29) is 18.3 Å². The Balaban J connectivity index is 1.33. The Hall–Kier alpha value is -2.85. The quantitative estimate of drug-likeness (QED) is 0.352. The van der Waals surface area contributed by atoms with Crippen LogP contribution in [0.15, 0.2) is 60.7 Å². The number of allylic oxidation sites excluding steroid dienone is 4. The first-order valence-corrected chi connectivity index (χ1v) is 11.7. The van der Waals surface area contributed by atoms with Crippen molar-refractivity contribution in [2.24, 2.45) is 11.8 Å². The van der Waals surface area contributed by atoms with Gasteiger partial charge < -0.3 is 9.64 Å². The molecule has 2 aromatic rings. The number of Topliss-reactive ketones (excluding diaryl/α,β-unsaturated/α-hetero) is 1. The number of carbonyl (C=O) groups is 2. The zero-order valence-corrected chi connectivity index (χ0v) is 18.4. The van der Waals surface area contributed by atoms with Crippen molar-refractivity contribution in [1.29, 1.82) is 0 Å². The number of hydrogen-bond acceptors (Lipinski definition) is 4. The molecule has 4 nitrogen and oxygen atoms in total. The topological polar surface area (TPSA) is 46.6 Å². The van der Waals surface area contributed by atoms with Gasteiger partial charge in [0.05, 0.1) is 5.56 Å². The maximum atomic E-state index is 13.2. The van der Waals surface area contributed by atoms with Crippen LogP contribution < -0.4 is 4.90 Å². The Bertz CT molecular complexity index is 1160. The molecule has 0 amide bonds. The molecule has 0 aromatic heterocycles. The van der Waals surface area contributed by atoms with Gasteiger partial charge in [-0.2, -0.15) is 0 Å². The number of ether oxygens (including phenoxy) is 1. The minimum atomic E-state index is -0.421. The maximum Gasteiger partial charge on any atom is 0.338 e. The third kappa shape index (κ3) is 3.12. The second-order valence-electron chi connectivity index (χ2n) is 9.28. The van der Waals surface area contributed by atoms with E-state index < -0.39 is 5.97 Å². The number of benzene rings is 2. The second-order valence-corrected chi connectivity index (χ2v) is 9.71. The molecule has 32 heavy (non-hydrogen) atoms. The Morgan fingerprint density at radius 2 is 1.62 bits per heavy atom. The van der Waals surface area contributed by atoms with Crippen molar-refractivity contribution in [3.8, 4) is 0 Å². The summed E-state index contributed by atoms with van der Waals surface area (Å²) in [5.41, 5.74) is 4.73. The number of fused-ring (bicyclic) bond motifs is 4. The lowest BCUT2D eigenvalue weighted by Gasteiger charge is -2.46. The minimum Gasteiger partial charge on any atom is -0.454 e. The number of halogens is 1. The Morgan fingerprint density at radius 1 is 0.938 bits per heavy atom. The van der Waals surface area contributed by atoms with E-state index >= 15 is 0 Å². The average molecular weight is 446 g/mol. The van der Waals surface area contributed by atoms with Crippen molar-refractivity contribution in [2.75, 3.05) is 24.6 Å². The fourth-order valence-electron chi connectivity index (χ4n) is 5.99. The number of ketones is 1. The van der Waals surface area contributed by atoms with E-state index in [1.165, 1.54) is 11.3 Å². The molecular weight excluding hydrogens is 422 g/mol. The van der Waals surface area contributed by atoms with Gasteiger partial charge in [0.15, 0.2) is 12.4 Å². The molecule has 6 rings (SSSR count). The molecule has 0 fully saturated rings. The lowest BCUT2D eigenvalue weighted by Crippen LogP contribution is -2.44. The van der Waals surface area contributed by atoms with Gasteiger partial charge in [0.1, 0.15) is 0 Å². The highest BCUT2D eigenvalue weighted by Gasteiger charge is 2.44. The standard InChI is InChI=1S/C27H24ClNO3/c28-19-9-7-16(8-10-19)24(30)15-32-27(31)23-12-11-22-20-5-1-3-17(20)13-29-14-18-4-2-6-21(18)25(23)26(22)29/h1-2,5-12,17-18,20-21H,3-4,13-15H2/t17-,18-,20+,21+/m1/s1. The molecule has 0 unspecified atom stereocenters. The van der Waals surface area contributed by atoms with E-state index in [1.54, 1.807) is 24.3 Å². The molecule has 2 aliphatic carbocycles. The first-order chi connectivity index (χ1) is 15.6. The van der Waals surface area contributed by atoms with Crippen LogP contribution >= 0.6 is 11.6 Å². The van der Waals surface area contributed by atoms with Crippen molar-refractivity contribution in [1.82, 2.24) is 0 Å². The van der Waals surface area contributed by atoms with Gasteiger partial charge in [-0.05, 0) is 66.1 Å². The summed E-state index contributed by atoms with van der Waals surface area (Å²) in [7, 11) is 0. The molecule has 4 aliphatic rings. The summed E-state index contributed by atoms with van der Waals surface area (Å²) >= 11 is 5.90. The largest absolute Gasteiger partial charge is 0.454 e. The van der Waals surface area contributed by atoms with Crippen LogP contribution in [-0.4, -0.2) is 31.4 Å². The van der Waals surface area contributed by atoms with Crippen LogP contribution in [-0.2, 0) is 4.74 Å². The highest BCUT2D eigenvalue weighted by molar-refractivity contribution is 6.30. The van der Waals surface area contributed by atoms with E-state index in [0.29, 0.717) is 33.9 Å². The molecule has 0 bridgehead atoms. The summed E-state index contributed by atoms with van der Waals surface area (Å²) < 4.78 is 5.52. The summed E-state index contributed by atoms with van der Waals surface area (Å²) in [5.74, 6) is 1.12. The molecule has 0 saturated carbocycles. The summed E-state index contributed by atoms with van der Waals surface area (Å²) in [6, 6.07) is 10.7. The van der Waals surface area contributed by atoms with Gasteiger partial charge >= 0.3 is 5.97 Å². The molecule has 2 aromatic carbocycles. The molecule has 0 radical (unpaired) electrons. The summed E-state index contributed by atoms with van der Waals surface area (Å²) in [6.07, 6.45) is 11.3. The minimum absolute atomic E-state index is 0.234. The Morgan fingerprint density at radius 3 is 2.38 bits per heavy atom. The SMILES string of the molecule is O=C(COC(=O)c1ccc2c3c1[C@H]1C=CC[C@@H]1CN3C[C@H]1CC=C[C@H]21)c1ccc(Cl)cc1. The normalized spacial score (nSPS) is 26.5. The molecule has 0 spiro atoms. The number of anilines is 1. The highest BCUT2D eigenvalue weighted by atomic mass is 35.5. The fourth-order valence-corrected chi connectivity index (χ4v) is 6.11. The van der Waals surface area contributed by atoms with Gasteiger partial charge in [-0.3, -0.25) is 4.79 Å². The third-order valence-corrected chi connectivity index (χ3v) is 7.72. The van der Waals surface area contributed by atoms with Crippen molar-refractivity contribution >= 4 is 29.0 Å². The number of rotatable bonds is 4. The highest BCUT2D eigenvalue weighted by Crippen LogP contribution is 2.53. The molecular formula is C27H24ClNO3. The molecule has 0 N–H and O–H groups in total. The summed E-state index contributed by atoms with van der Waals surface area (Å²) in [4.78, 5) is 28.2. The van der Waals surface area contributed by atoms with E-state index in [2.05, 4.69) is 35.3 Å². The van der Waals surface area contributed by atoms with Gasteiger partial charge in [0.2, 0.25) is 0 Å². The van der Waals surface area contributed by atoms with E-state index in [9.17, 15) is 9.59 Å². The monoisotopic (exact) mass is 445 g/mol. The van der Waals surface area contributed by atoms with Crippen LogP contribution in [0.2, 0.25) is 5.02 Å². The Kier molecular flexibility index (Phi) is 4.72. The predicted octanol–water partition coefficient (Wildman–Crippen LogP) is 5.53. The lowest BCUT2D eigenvalue weighted by molar-refractivity contribution is 0.0473. The fraction of sp³-hybridized carbons (Fsp3) is 0.333. The maximum absolute atomic E-state index is 13.2. The van der Waals surface area contributed by atoms with Crippen LogP contribution in [0.1, 0.15) is 56.5 Å². The van der Waals surface area contributed by atoms with Crippen LogP contribution in [0.25, 0.3) is 0 Å². The van der Waals surface area contributed by atoms with Crippen LogP contribution in [0.3, 0.4) is 0 Å². The van der Waals surface area contributed by atoms with Crippen LogP contribution in [0, 0.1) is 11.8 Å². The molecule has 5 heteroatoms. The van der Waals surface area contributed by atoms with Crippen molar-refractivity contribution in [2.45, 2.75) is 24.7 Å². The van der Waals surface area contributed by atoms with Crippen LogP contribution in [0.4, 0.5) is 5.69 Å². The second kappa shape index (κ2) is 7.63. The lowest BCUT2D eigenvalue weighted by atomic mass is 9.73. The van der Waals surface area contributed by atoms with E-state index in [4.69, 9.17) is 16.3 Å². The van der Waals surface area contributed by atoms with Crippen LogP contribution in [0.5, 0.6) is 0 Å². The molecule has 0 saturated heterocycles.